The van der Waals surface area contributed by atoms with E-state index in [-0.39, 0.29) is 12.2 Å². The molecule has 1 aromatic carbocycles. The van der Waals surface area contributed by atoms with Gasteiger partial charge in [0.1, 0.15) is 23.9 Å². The molecule has 4 unspecified atom stereocenters. The van der Waals surface area contributed by atoms with Crippen LogP contribution in [0.2, 0.25) is 0 Å². The predicted molar refractivity (Wildman–Crippen MR) is 118 cm³/mol. The first-order valence-corrected chi connectivity index (χ1v) is 10.3. The monoisotopic (exact) mass is 465 g/mol. The second-order valence-corrected chi connectivity index (χ2v) is 8.02. The molecule has 182 valence electrons. The third-order valence-corrected chi connectivity index (χ3v) is 4.69. The summed E-state index contributed by atoms with van der Waals surface area (Å²) >= 11 is 0. The van der Waals surface area contributed by atoms with E-state index in [1.54, 1.807) is 13.8 Å². The molecule has 0 spiro atoms. The van der Waals surface area contributed by atoms with Crippen molar-refractivity contribution in [3.05, 3.63) is 29.8 Å². The van der Waals surface area contributed by atoms with E-state index in [1.807, 2.05) is 0 Å². The fourth-order valence-electron chi connectivity index (χ4n) is 2.83. The molecule has 0 bridgehead atoms. The normalized spacial score (nSPS) is 14.5. The summed E-state index contributed by atoms with van der Waals surface area (Å²) in [5.74, 6) is -4.90. The van der Waals surface area contributed by atoms with Crippen LogP contribution in [0.4, 0.5) is 0 Å². The Bertz CT molecular complexity index is 870. The number of nitrogens with one attached hydrogen (secondary N) is 3. The Kier molecular flexibility index (Phi) is 10.3. The van der Waals surface area contributed by atoms with Crippen LogP contribution in [0.3, 0.4) is 0 Å². The summed E-state index contributed by atoms with van der Waals surface area (Å²) in [6.07, 6.45) is -0.579. The quantitative estimate of drug-likeness (QED) is 0.189. The van der Waals surface area contributed by atoms with E-state index in [0.29, 0.717) is 5.56 Å². The molecule has 0 saturated carbocycles. The van der Waals surface area contributed by atoms with Crippen molar-refractivity contribution in [3.63, 3.8) is 0 Å². The summed E-state index contributed by atoms with van der Waals surface area (Å²) in [6.45, 7) is 4.65. The zero-order valence-corrected chi connectivity index (χ0v) is 18.7. The van der Waals surface area contributed by atoms with Crippen LogP contribution in [0, 0.1) is 5.92 Å². The summed E-state index contributed by atoms with van der Waals surface area (Å²) in [4.78, 5) is 60.4. The number of aromatic hydroxyl groups is 1. The highest BCUT2D eigenvalue weighted by Crippen LogP contribution is 2.12. The number of aliphatic carboxylic acids is 1. The molecule has 0 heterocycles. The maximum atomic E-state index is 12.8. The SMILES string of the molecule is CC(N)C(=O)NC(CC(N)=O)C(=O)NC(C(=O)NC(Cc1ccc(O)cc1)C(=O)O)C(C)C. The van der Waals surface area contributed by atoms with Crippen LogP contribution in [0.1, 0.15) is 32.8 Å². The van der Waals surface area contributed by atoms with Gasteiger partial charge in [-0.2, -0.15) is 0 Å². The molecule has 9 N–H and O–H groups in total. The number of amides is 4. The fraction of sp³-hybridized carbons (Fsp3) is 0.476. The molecule has 1 rings (SSSR count). The molecule has 33 heavy (non-hydrogen) atoms. The molecule has 0 aliphatic rings. The first kappa shape index (κ1) is 27.4. The van der Waals surface area contributed by atoms with Crippen molar-refractivity contribution in [1.82, 2.24) is 16.0 Å². The minimum absolute atomic E-state index is 0.0129. The lowest BCUT2D eigenvalue weighted by Gasteiger charge is -2.26. The summed E-state index contributed by atoms with van der Waals surface area (Å²) in [5.41, 5.74) is 11.2. The number of phenols is 1. The van der Waals surface area contributed by atoms with Gasteiger partial charge in [-0.3, -0.25) is 19.2 Å². The van der Waals surface area contributed by atoms with Gasteiger partial charge in [0.2, 0.25) is 23.6 Å². The Hall–Kier alpha value is -3.67. The lowest BCUT2D eigenvalue weighted by Crippen LogP contribution is -2.59. The molecule has 4 amide bonds. The average Bonchev–Trinajstić information content (AvgIpc) is 2.71. The highest BCUT2D eigenvalue weighted by molar-refractivity contribution is 5.96. The number of hydrogen-bond donors (Lipinski definition) is 7. The second-order valence-electron chi connectivity index (χ2n) is 8.02. The molecular formula is C21H31N5O7. The number of hydrogen-bond acceptors (Lipinski definition) is 7. The van der Waals surface area contributed by atoms with Crippen LogP contribution >= 0.6 is 0 Å². The van der Waals surface area contributed by atoms with Crippen LogP contribution < -0.4 is 27.4 Å². The number of carboxylic acid groups (broad SMARTS) is 1. The first-order valence-electron chi connectivity index (χ1n) is 10.3. The smallest absolute Gasteiger partial charge is 0.326 e. The average molecular weight is 466 g/mol. The molecule has 1 aromatic rings. The molecule has 12 heteroatoms. The molecule has 0 aromatic heterocycles. The number of benzene rings is 1. The maximum Gasteiger partial charge on any atom is 0.326 e. The van der Waals surface area contributed by atoms with Gasteiger partial charge in [-0.1, -0.05) is 26.0 Å². The van der Waals surface area contributed by atoms with Gasteiger partial charge in [-0.05, 0) is 30.5 Å². The van der Waals surface area contributed by atoms with Crippen molar-refractivity contribution < 1.29 is 34.2 Å². The van der Waals surface area contributed by atoms with E-state index in [0.717, 1.165) is 0 Å². The van der Waals surface area contributed by atoms with Crippen molar-refractivity contribution >= 4 is 29.6 Å². The lowest BCUT2D eigenvalue weighted by molar-refractivity contribution is -0.142. The minimum atomic E-state index is -1.36. The number of rotatable bonds is 12. The molecule has 0 aliphatic carbocycles. The molecule has 4 atom stereocenters. The number of carbonyl (C=O) groups is 5. The second kappa shape index (κ2) is 12.4. The highest BCUT2D eigenvalue weighted by atomic mass is 16.4. The van der Waals surface area contributed by atoms with Crippen molar-refractivity contribution in [1.29, 1.82) is 0 Å². The highest BCUT2D eigenvalue weighted by Gasteiger charge is 2.32. The van der Waals surface area contributed by atoms with E-state index >= 15 is 0 Å². The number of carboxylic acids is 1. The van der Waals surface area contributed by atoms with E-state index in [4.69, 9.17) is 11.5 Å². The Labute approximate surface area is 191 Å². The summed E-state index contributed by atoms with van der Waals surface area (Å²) in [5, 5.41) is 26.0. The van der Waals surface area contributed by atoms with Gasteiger partial charge in [0.15, 0.2) is 0 Å². The molecular weight excluding hydrogens is 434 g/mol. The van der Waals surface area contributed by atoms with E-state index in [2.05, 4.69) is 16.0 Å². The van der Waals surface area contributed by atoms with E-state index in [9.17, 15) is 34.2 Å². The van der Waals surface area contributed by atoms with E-state index < -0.39 is 66.1 Å². The fourth-order valence-corrected chi connectivity index (χ4v) is 2.83. The molecule has 12 nitrogen and oxygen atoms in total. The van der Waals surface area contributed by atoms with E-state index in [1.165, 1.54) is 31.2 Å². The predicted octanol–water partition coefficient (Wildman–Crippen LogP) is -1.65. The Morgan fingerprint density at radius 1 is 0.879 bits per heavy atom. The lowest BCUT2D eigenvalue weighted by atomic mass is 10.0. The number of nitrogens with two attached hydrogens (primary N) is 2. The third kappa shape index (κ3) is 9.15. The number of phenolic OH excluding ortho intramolecular Hbond substituents is 1. The van der Waals surface area contributed by atoms with Crippen molar-refractivity contribution in [3.8, 4) is 5.75 Å². The summed E-state index contributed by atoms with van der Waals surface area (Å²) in [7, 11) is 0. The van der Waals surface area contributed by atoms with Gasteiger partial charge in [0.25, 0.3) is 0 Å². The maximum absolute atomic E-state index is 12.8. The number of carbonyl (C=O) groups excluding carboxylic acids is 4. The van der Waals surface area contributed by atoms with Gasteiger partial charge < -0.3 is 37.6 Å². The Morgan fingerprint density at radius 2 is 1.42 bits per heavy atom. The molecule has 0 saturated heterocycles. The zero-order chi connectivity index (χ0) is 25.3. The third-order valence-electron chi connectivity index (χ3n) is 4.69. The largest absolute Gasteiger partial charge is 0.508 e. The topological polar surface area (TPSA) is 214 Å². The van der Waals surface area contributed by atoms with Crippen LogP contribution in [0.5, 0.6) is 5.75 Å². The van der Waals surface area contributed by atoms with Gasteiger partial charge >= 0.3 is 5.97 Å². The van der Waals surface area contributed by atoms with Crippen LogP contribution in [-0.2, 0) is 30.4 Å². The Morgan fingerprint density at radius 3 is 1.88 bits per heavy atom. The molecule has 0 aliphatic heterocycles. The summed E-state index contributed by atoms with van der Waals surface area (Å²) in [6, 6.07) is 1.05. The first-order chi connectivity index (χ1) is 15.3. The van der Waals surface area contributed by atoms with Crippen molar-refractivity contribution in [2.75, 3.05) is 0 Å². The zero-order valence-electron chi connectivity index (χ0n) is 18.7. The molecule has 0 radical (unpaired) electrons. The summed E-state index contributed by atoms with van der Waals surface area (Å²) < 4.78 is 0. The molecule has 0 fully saturated rings. The standard InChI is InChI=1S/C21H31N5O7/c1-10(2)17(26-19(30)14(9-16(23)28)24-18(29)11(3)22)20(31)25-15(21(32)33)8-12-4-6-13(27)7-5-12/h4-7,10-11,14-15,17,27H,8-9,22H2,1-3H3,(H2,23,28)(H,24,29)(H,25,31)(H,26,30)(H,32,33). The van der Waals surface area contributed by atoms with Gasteiger partial charge in [0.05, 0.1) is 12.5 Å². The van der Waals surface area contributed by atoms with Gasteiger partial charge in [-0.25, -0.2) is 4.79 Å². The van der Waals surface area contributed by atoms with Crippen molar-refractivity contribution in [2.45, 2.75) is 57.8 Å². The van der Waals surface area contributed by atoms with Gasteiger partial charge in [0, 0.05) is 6.42 Å². The number of primary amides is 1. The van der Waals surface area contributed by atoms with Crippen LogP contribution in [0.25, 0.3) is 0 Å². The van der Waals surface area contributed by atoms with Gasteiger partial charge in [-0.15, -0.1) is 0 Å². The Balaban J connectivity index is 2.96. The minimum Gasteiger partial charge on any atom is -0.508 e. The van der Waals surface area contributed by atoms with Crippen molar-refractivity contribution in [2.24, 2.45) is 17.4 Å². The van der Waals surface area contributed by atoms with Crippen LogP contribution in [0.15, 0.2) is 24.3 Å². The van der Waals surface area contributed by atoms with Crippen LogP contribution in [-0.4, -0.2) is 64.0 Å².